The Hall–Kier alpha value is -3.29. The van der Waals surface area contributed by atoms with Crippen molar-refractivity contribution in [3.8, 4) is 11.5 Å². The summed E-state index contributed by atoms with van der Waals surface area (Å²) >= 11 is 11.9. The van der Waals surface area contributed by atoms with Gasteiger partial charge >= 0.3 is 0 Å². The molecule has 0 saturated carbocycles. The summed E-state index contributed by atoms with van der Waals surface area (Å²) in [5.41, 5.74) is 3.48. The fourth-order valence-corrected chi connectivity index (χ4v) is 3.64. The van der Waals surface area contributed by atoms with E-state index in [2.05, 4.69) is 20.6 Å². The maximum Gasteiger partial charge on any atom is 0.237 e. The number of aryl methyl sites for hydroxylation is 1. The summed E-state index contributed by atoms with van der Waals surface area (Å²) in [6, 6.07) is 15.0. The third-order valence-electron chi connectivity index (χ3n) is 5.02. The van der Waals surface area contributed by atoms with E-state index < -0.39 is 5.38 Å². The number of carbonyl (C=O) groups excluding carboxylic acids is 1. The summed E-state index contributed by atoms with van der Waals surface area (Å²) in [4.78, 5) is 20.5. The molecule has 33 heavy (non-hydrogen) atoms. The molecule has 0 aliphatic heterocycles. The minimum Gasteiger partial charge on any atom is -0.457 e. The fraction of sp³-hybridized carbons (Fsp3) is 0.208. The number of nitrogens with one attached hydrogen (secondary N) is 2. The third-order valence-corrected chi connectivity index (χ3v) is 5.46. The van der Waals surface area contributed by atoms with Gasteiger partial charge in [0.1, 0.15) is 28.7 Å². The van der Waals surface area contributed by atoms with E-state index in [1.807, 2.05) is 54.1 Å². The third kappa shape index (κ3) is 5.56. The Kier molecular flexibility index (Phi) is 7.01. The Balaban J connectivity index is 1.52. The van der Waals surface area contributed by atoms with Crippen LogP contribution >= 0.6 is 23.2 Å². The molecule has 0 spiro atoms. The lowest BCUT2D eigenvalue weighted by Gasteiger charge is -2.14. The Morgan fingerprint density at radius 3 is 2.79 bits per heavy atom. The zero-order chi connectivity index (χ0) is 23.4. The van der Waals surface area contributed by atoms with E-state index in [0.717, 1.165) is 28.0 Å². The smallest absolute Gasteiger partial charge is 0.237 e. The van der Waals surface area contributed by atoms with Crippen LogP contribution in [0.15, 0.2) is 61.1 Å². The first-order valence-electron chi connectivity index (χ1n) is 10.4. The highest BCUT2D eigenvalue weighted by molar-refractivity contribution is 6.30. The number of ether oxygens (including phenoxy) is 1. The normalized spacial score (nSPS) is 11.9. The Labute approximate surface area is 201 Å². The monoisotopic (exact) mass is 483 g/mol. The lowest BCUT2D eigenvalue weighted by atomic mass is 10.2. The molecule has 2 aromatic carbocycles. The lowest BCUT2D eigenvalue weighted by molar-refractivity contribution is -0.120. The maximum atomic E-state index is 11.7. The molecule has 4 rings (SSSR count). The van der Waals surface area contributed by atoms with Crippen molar-refractivity contribution in [3.63, 3.8) is 0 Å². The van der Waals surface area contributed by atoms with E-state index >= 15 is 0 Å². The topological polar surface area (TPSA) is 81.1 Å². The number of nitrogens with zero attached hydrogens (tertiary/aromatic N) is 3. The number of carbonyl (C=O) groups is 1. The van der Waals surface area contributed by atoms with Crippen LogP contribution in [-0.2, 0) is 11.3 Å². The number of rotatable bonds is 8. The molecule has 0 aliphatic rings. The molecule has 1 unspecified atom stereocenters. The maximum absolute atomic E-state index is 11.7. The zero-order valence-electron chi connectivity index (χ0n) is 18.2. The molecule has 0 radical (unpaired) electrons. The molecule has 9 heteroatoms. The number of halogens is 2. The summed E-state index contributed by atoms with van der Waals surface area (Å²) in [5, 5.41) is 6.24. The minimum atomic E-state index is -0.568. The molecule has 0 aliphatic carbocycles. The van der Waals surface area contributed by atoms with Gasteiger partial charge in [-0.2, -0.15) is 0 Å². The van der Waals surface area contributed by atoms with E-state index in [0.29, 0.717) is 29.7 Å². The fourth-order valence-electron chi connectivity index (χ4n) is 3.39. The quantitative estimate of drug-likeness (QED) is 0.315. The average Bonchev–Trinajstić information content (AvgIpc) is 3.20. The van der Waals surface area contributed by atoms with Crippen molar-refractivity contribution in [3.05, 3.63) is 71.6 Å². The number of hydrogen-bond donors (Lipinski definition) is 2. The standard InChI is InChI=1S/C24H23Cl2N5O2/c1-15-12-18(6-7-21(15)33-19-5-3-4-17(26)13-19)30-23-22-20(28-14-29-23)8-10-31(22)11-9-27-24(32)16(2)25/h3-8,10,12-14,16H,9,11H2,1-2H3,(H,27,32)(H,28,29,30). The van der Waals surface area contributed by atoms with Crippen molar-refractivity contribution in [2.75, 3.05) is 11.9 Å². The second kappa shape index (κ2) is 10.1. The zero-order valence-corrected chi connectivity index (χ0v) is 19.7. The summed E-state index contributed by atoms with van der Waals surface area (Å²) in [6.45, 7) is 4.63. The van der Waals surface area contributed by atoms with Gasteiger partial charge < -0.3 is 19.9 Å². The summed E-state index contributed by atoms with van der Waals surface area (Å²) in [7, 11) is 0. The van der Waals surface area contributed by atoms with Crippen molar-refractivity contribution >= 4 is 51.6 Å². The Morgan fingerprint density at radius 1 is 1.18 bits per heavy atom. The predicted molar refractivity (Wildman–Crippen MR) is 132 cm³/mol. The molecule has 7 nitrogen and oxygen atoms in total. The Morgan fingerprint density at radius 2 is 2.03 bits per heavy atom. The molecule has 170 valence electrons. The predicted octanol–water partition coefficient (Wildman–Crippen LogP) is 5.67. The molecule has 0 fully saturated rings. The van der Waals surface area contributed by atoms with Crippen LogP contribution in [0, 0.1) is 6.92 Å². The molecule has 0 saturated heterocycles. The van der Waals surface area contributed by atoms with Gasteiger partial charge in [0.25, 0.3) is 0 Å². The van der Waals surface area contributed by atoms with Crippen LogP contribution in [0.2, 0.25) is 5.02 Å². The van der Waals surface area contributed by atoms with Gasteiger partial charge in [-0.3, -0.25) is 4.79 Å². The van der Waals surface area contributed by atoms with E-state index in [4.69, 9.17) is 27.9 Å². The van der Waals surface area contributed by atoms with Gasteiger partial charge in [0.05, 0.1) is 5.52 Å². The molecule has 0 bridgehead atoms. The van der Waals surface area contributed by atoms with Gasteiger partial charge in [0.2, 0.25) is 5.91 Å². The molecule has 2 N–H and O–H groups in total. The van der Waals surface area contributed by atoms with E-state index in [1.165, 1.54) is 6.33 Å². The van der Waals surface area contributed by atoms with Gasteiger partial charge in [0, 0.05) is 30.0 Å². The van der Waals surface area contributed by atoms with E-state index in [9.17, 15) is 4.79 Å². The molecule has 2 heterocycles. The van der Waals surface area contributed by atoms with Gasteiger partial charge in [-0.25, -0.2) is 9.97 Å². The van der Waals surface area contributed by atoms with Crippen LogP contribution in [0.25, 0.3) is 11.0 Å². The molecule has 1 amide bonds. The highest BCUT2D eigenvalue weighted by atomic mass is 35.5. The molecule has 1 atom stereocenters. The molecular weight excluding hydrogens is 461 g/mol. The summed E-state index contributed by atoms with van der Waals surface area (Å²) in [6.07, 6.45) is 3.45. The summed E-state index contributed by atoms with van der Waals surface area (Å²) < 4.78 is 7.97. The number of benzene rings is 2. The van der Waals surface area contributed by atoms with Gasteiger partial charge in [-0.05, 0) is 61.9 Å². The van der Waals surface area contributed by atoms with Crippen molar-refractivity contribution in [2.45, 2.75) is 25.8 Å². The average molecular weight is 484 g/mol. The minimum absolute atomic E-state index is 0.196. The number of hydrogen-bond acceptors (Lipinski definition) is 5. The first-order chi connectivity index (χ1) is 15.9. The lowest BCUT2D eigenvalue weighted by Crippen LogP contribution is -2.32. The van der Waals surface area contributed by atoms with Crippen LogP contribution in [0.5, 0.6) is 11.5 Å². The SMILES string of the molecule is Cc1cc(Nc2ncnc3ccn(CCNC(=O)C(C)Cl)c23)ccc1Oc1cccc(Cl)c1. The Bertz CT molecular complexity index is 1290. The first-order valence-corrected chi connectivity index (χ1v) is 11.2. The number of fused-ring (bicyclic) bond motifs is 1. The van der Waals surface area contributed by atoms with Gasteiger partial charge in [0.15, 0.2) is 5.82 Å². The van der Waals surface area contributed by atoms with Crippen LogP contribution in [0.3, 0.4) is 0 Å². The largest absolute Gasteiger partial charge is 0.457 e. The molecule has 2 aromatic heterocycles. The van der Waals surface area contributed by atoms with Crippen LogP contribution in [-0.4, -0.2) is 32.4 Å². The highest BCUT2D eigenvalue weighted by Crippen LogP contribution is 2.30. The van der Waals surface area contributed by atoms with Gasteiger partial charge in [-0.1, -0.05) is 17.7 Å². The number of amides is 1. The number of anilines is 2. The summed E-state index contributed by atoms with van der Waals surface area (Å²) in [5.74, 6) is 1.89. The van der Waals surface area contributed by atoms with Gasteiger partial charge in [-0.15, -0.1) is 11.6 Å². The van der Waals surface area contributed by atoms with Crippen molar-refractivity contribution < 1.29 is 9.53 Å². The molecule has 4 aromatic rings. The van der Waals surface area contributed by atoms with Crippen molar-refractivity contribution in [1.82, 2.24) is 19.9 Å². The second-order valence-electron chi connectivity index (χ2n) is 7.54. The van der Waals surface area contributed by atoms with E-state index in [-0.39, 0.29) is 5.91 Å². The van der Waals surface area contributed by atoms with Crippen molar-refractivity contribution in [2.24, 2.45) is 0 Å². The molecular formula is C24H23Cl2N5O2. The van der Waals surface area contributed by atoms with Crippen LogP contribution < -0.4 is 15.4 Å². The number of alkyl halides is 1. The number of aromatic nitrogens is 3. The van der Waals surface area contributed by atoms with Crippen LogP contribution in [0.1, 0.15) is 12.5 Å². The second-order valence-corrected chi connectivity index (χ2v) is 8.63. The van der Waals surface area contributed by atoms with Crippen molar-refractivity contribution in [1.29, 1.82) is 0 Å². The highest BCUT2D eigenvalue weighted by Gasteiger charge is 2.12. The first kappa shape index (κ1) is 22.9. The van der Waals surface area contributed by atoms with Crippen LogP contribution in [0.4, 0.5) is 11.5 Å². The van der Waals surface area contributed by atoms with E-state index in [1.54, 1.807) is 19.1 Å².